The Labute approximate surface area is 136 Å². The van der Waals surface area contributed by atoms with Crippen molar-refractivity contribution in [3.05, 3.63) is 42.5 Å². The molecule has 0 saturated carbocycles. The number of carbonyl (C=O) groups excluding carboxylic acids is 1. The van der Waals surface area contributed by atoms with E-state index in [0.29, 0.717) is 12.8 Å². The fraction of sp³-hybridized carbons (Fsp3) is 0.412. The second kappa shape index (κ2) is 7.28. The highest BCUT2D eigenvalue weighted by Crippen LogP contribution is 2.19. The van der Waals surface area contributed by atoms with Crippen LogP contribution in [-0.2, 0) is 11.2 Å². The van der Waals surface area contributed by atoms with Crippen molar-refractivity contribution < 1.29 is 4.79 Å². The van der Waals surface area contributed by atoms with Gasteiger partial charge in [0.05, 0.1) is 6.33 Å². The summed E-state index contributed by atoms with van der Waals surface area (Å²) in [6.45, 7) is 4.27. The van der Waals surface area contributed by atoms with Gasteiger partial charge in [-0.15, -0.1) is 0 Å². The number of nitrogens with zero attached hydrogens (tertiary/aromatic N) is 3. The van der Waals surface area contributed by atoms with Gasteiger partial charge in [0.1, 0.15) is 0 Å². The number of aromatic nitrogens is 2. The van der Waals surface area contributed by atoms with Crippen molar-refractivity contribution in [1.82, 2.24) is 14.9 Å². The van der Waals surface area contributed by atoms with E-state index in [0.717, 1.165) is 37.6 Å². The highest BCUT2D eigenvalue weighted by Gasteiger charge is 2.14. The third kappa shape index (κ3) is 4.32. The van der Waals surface area contributed by atoms with Gasteiger partial charge in [0, 0.05) is 55.9 Å². The van der Waals surface area contributed by atoms with Crippen LogP contribution in [0.2, 0.25) is 0 Å². The second-order valence-corrected chi connectivity index (χ2v) is 5.96. The molecule has 1 saturated heterocycles. The number of benzene rings is 1. The Morgan fingerprint density at radius 3 is 2.61 bits per heavy atom. The number of aryl methyl sites for hydroxylation is 1. The molecule has 0 radical (unpaired) electrons. The molecule has 1 aromatic carbocycles. The first-order valence-electron chi connectivity index (χ1n) is 8.01. The molecule has 6 heteroatoms. The normalized spacial score (nSPS) is 15.6. The summed E-state index contributed by atoms with van der Waals surface area (Å²) in [7, 11) is 2.15. The van der Waals surface area contributed by atoms with E-state index in [1.165, 1.54) is 5.69 Å². The lowest BCUT2D eigenvalue weighted by molar-refractivity contribution is -0.116. The maximum Gasteiger partial charge on any atom is 0.224 e. The number of H-pyrrole nitrogens is 1. The molecule has 1 fully saturated rings. The molecular weight excluding hydrogens is 290 g/mol. The Bertz CT molecular complexity index is 615. The minimum atomic E-state index is 0.0203. The van der Waals surface area contributed by atoms with Gasteiger partial charge in [-0.1, -0.05) is 0 Å². The molecule has 1 aliphatic heterocycles. The van der Waals surface area contributed by atoms with Gasteiger partial charge in [0.2, 0.25) is 5.91 Å². The van der Waals surface area contributed by atoms with Crippen molar-refractivity contribution in [1.29, 1.82) is 0 Å². The van der Waals surface area contributed by atoms with Gasteiger partial charge in [-0.2, -0.15) is 0 Å². The van der Waals surface area contributed by atoms with Crippen LogP contribution >= 0.6 is 0 Å². The Balaban J connectivity index is 1.50. The van der Waals surface area contributed by atoms with Crippen molar-refractivity contribution in [3.8, 4) is 0 Å². The number of carbonyl (C=O) groups is 1. The van der Waals surface area contributed by atoms with Crippen LogP contribution in [0.15, 0.2) is 36.8 Å². The van der Waals surface area contributed by atoms with E-state index in [1.807, 2.05) is 12.1 Å². The van der Waals surface area contributed by atoms with Crippen LogP contribution in [0.3, 0.4) is 0 Å². The third-order valence-electron chi connectivity index (χ3n) is 4.20. The molecule has 0 unspecified atom stereocenters. The van der Waals surface area contributed by atoms with Gasteiger partial charge in [0.15, 0.2) is 0 Å². The van der Waals surface area contributed by atoms with E-state index >= 15 is 0 Å². The van der Waals surface area contributed by atoms with Crippen molar-refractivity contribution >= 4 is 17.3 Å². The quantitative estimate of drug-likeness (QED) is 0.882. The van der Waals surface area contributed by atoms with E-state index < -0.39 is 0 Å². The van der Waals surface area contributed by atoms with Crippen molar-refractivity contribution in [2.24, 2.45) is 0 Å². The number of imidazole rings is 1. The van der Waals surface area contributed by atoms with Crippen molar-refractivity contribution in [3.63, 3.8) is 0 Å². The first-order valence-corrected chi connectivity index (χ1v) is 8.01. The molecule has 2 aromatic rings. The SMILES string of the molecule is CN1CCN(c2ccc(NC(=O)CCc3cnc[nH]3)cc2)CC1. The zero-order chi connectivity index (χ0) is 16.1. The van der Waals surface area contributed by atoms with Gasteiger partial charge >= 0.3 is 0 Å². The molecule has 1 aliphatic rings. The maximum atomic E-state index is 12.0. The van der Waals surface area contributed by atoms with Crippen LogP contribution in [-0.4, -0.2) is 54.0 Å². The van der Waals surface area contributed by atoms with Crippen LogP contribution in [0, 0.1) is 0 Å². The van der Waals surface area contributed by atoms with Crippen molar-refractivity contribution in [2.45, 2.75) is 12.8 Å². The molecule has 0 spiro atoms. The largest absolute Gasteiger partial charge is 0.369 e. The lowest BCUT2D eigenvalue weighted by Gasteiger charge is -2.34. The van der Waals surface area contributed by atoms with Gasteiger partial charge < -0.3 is 20.1 Å². The van der Waals surface area contributed by atoms with Crippen LogP contribution < -0.4 is 10.2 Å². The van der Waals surface area contributed by atoms with Crippen LogP contribution in [0.1, 0.15) is 12.1 Å². The number of piperazine rings is 1. The molecular formula is C17H23N5O. The molecule has 2 heterocycles. The minimum absolute atomic E-state index is 0.0203. The monoisotopic (exact) mass is 313 g/mol. The van der Waals surface area contributed by atoms with Crippen LogP contribution in [0.5, 0.6) is 0 Å². The first-order chi connectivity index (χ1) is 11.2. The lowest BCUT2D eigenvalue weighted by Crippen LogP contribution is -2.44. The minimum Gasteiger partial charge on any atom is -0.369 e. The number of amides is 1. The number of hydrogen-bond acceptors (Lipinski definition) is 4. The van der Waals surface area contributed by atoms with Crippen molar-refractivity contribution in [2.75, 3.05) is 43.4 Å². The second-order valence-electron chi connectivity index (χ2n) is 5.96. The number of likely N-dealkylation sites (N-methyl/N-ethyl adjacent to an activating group) is 1. The van der Waals surface area contributed by atoms with E-state index in [1.54, 1.807) is 12.5 Å². The summed E-state index contributed by atoms with van der Waals surface area (Å²) in [6, 6.07) is 8.11. The molecule has 1 amide bonds. The predicted octanol–water partition coefficient (Wildman–Crippen LogP) is 1.73. The Morgan fingerprint density at radius 1 is 1.22 bits per heavy atom. The lowest BCUT2D eigenvalue weighted by atomic mass is 10.2. The van der Waals surface area contributed by atoms with E-state index in [2.05, 4.69) is 44.3 Å². The molecule has 122 valence electrons. The summed E-state index contributed by atoms with van der Waals surface area (Å²) in [4.78, 5) is 23.6. The topological polar surface area (TPSA) is 64.3 Å². The molecule has 3 rings (SSSR count). The Kier molecular flexibility index (Phi) is 4.92. The summed E-state index contributed by atoms with van der Waals surface area (Å²) in [5.41, 5.74) is 3.04. The van der Waals surface area contributed by atoms with Gasteiger partial charge in [-0.25, -0.2) is 4.98 Å². The van der Waals surface area contributed by atoms with E-state index in [4.69, 9.17) is 0 Å². The zero-order valence-electron chi connectivity index (χ0n) is 13.5. The molecule has 0 atom stereocenters. The summed E-state index contributed by atoms with van der Waals surface area (Å²) >= 11 is 0. The summed E-state index contributed by atoms with van der Waals surface area (Å²) in [6.07, 6.45) is 4.50. The molecule has 1 aromatic heterocycles. The fourth-order valence-electron chi connectivity index (χ4n) is 2.71. The molecule has 2 N–H and O–H groups in total. The first kappa shape index (κ1) is 15.6. The van der Waals surface area contributed by atoms with E-state index in [-0.39, 0.29) is 5.91 Å². The smallest absolute Gasteiger partial charge is 0.224 e. The highest BCUT2D eigenvalue weighted by atomic mass is 16.1. The van der Waals surface area contributed by atoms with Crippen LogP contribution in [0.4, 0.5) is 11.4 Å². The fourth-order valence-corrected chi connectivity index (χ4v) is 2.71. The Morgan fingerprint density at radius 2 is 1.96 bits per heavy atom. The number of hydrogen-bond donors (Lipinski definition) is 2. The van der Waals surface area contributed by atoms with Gasteiger partial charge in [-0.05, 0) is 37.7 Å². The predicted molar refractivity (Wildman–Crippen MR) is 91.7 cm³/mol. The molecule has 0 bridgehead atoms. The van der Waals surface area contributed by atoms with Gasteiger partial charge in [-0.3, -0.25) is 4.79 Å². The van der Waals surface area contributed by atoms with Gasteiger partial charge in [0.25, 0.3) is 0 Å². The zero-order valence-corrected chi connectivity index (χ0v) is 13.5. The number of anilines is 2. The highest BCUT2D eigenvalue weighted by molar-refractivity contribution is 5.91. The molecule has 23 heavy (non-hydrogen) atoms. The molecule has 0 aliphatic carbocycles. The molecule has 6 nitrogen and oxygen atoms in total. The van der Waals surface area contributed by atoms with E-state index in [9.17, 15) is 4.79 Å². The Hall–Kier alpha value is -2.34. The van der Waals surface area contributed by atoms with Crippen LogP contribution in [0.25, 0.3) is 0 Å². The average Bonchev–Trinajstić information content (AvgIpc) is 3.08. The summed E-state index contributed by atoms with van der Waals surface area (Å²) in [5, 5.41) is 2.94. The average molecular weight is 313 g/mol. The standard InChI is InChI=1S/C17H23N5O/c1-21-8-10-22(11-9-21)16-5-2-14(3-6-16)20-17(23)7-4-15-12-18-13-19-15/h2-3,5-6,12-13H,4,7-11H2,1H3,(H,18,19)(H,20,23). The number of aromatic amines is 1. The number of rotatable bonds is 5. The summed E-state index contributed by atoms with van der Waals surface area (Å²) in [5.74, 6) is 0.0203. The number of nitrogens with one attached hydrogen (secondary N) is 2. The third-order valence-corrected chi connectivity index (χ3v) is 4.20. The maximum absolute atomic E-state index is 12.0. The summed E-state index contributed by atoms with van der Waals surface area (Å²) < 4.78 is 0.